The molecule has 0 saturated carbocycles. The lowest BCUT2D eigenvalue weighted by atomic mass is 9.92. The third-order valence-electron chi connectivity index (χ3n) is 14.7. The van der Waals surface area contributed by atoms with Crippen LogP contribution in [0, 0.1) is 23.1 Å². The standard InChI is InChI=1S/C49H58F2N6O6Si/c1-26(2)64(27(3)4,28(5)6)16-15-35-37(50)13-11-32-17-34(62-25-60-10)18-36(39(32)35)42-41(51)43-40-45(54-47(53-43)61-24-49-19-29(7)21-55(49)22-30(8)20-49)56-23-33-12-14-38(57(33)48(58)59)44(56)31(9)63-46(40)52-42/h11,13,17-18,26-28,31,33,38,44H,7-8,12,14,19-25H2,1-6,9-10H3,(H,58,59). The second kappa shape index (κ2) is 16.3. The lowest BCUT2D eigenvalue weighted by molar-refractivity contribution is 0.0512. The smallest absolute Gasteiger partial charge is 0.407 e. The lowest BCUT2D eigenvalue weighted by Gasteiger charge is -2.47. The molecule has 9 rings (SSSR count). The van der Waals surface area contributed by atoms with Crippen molar-refractivity contribution in [1.82, 2.24) is 24.8 Å². The molecule has 1 N–H and O–H groups in total. The van der Waals surface area contributed by atoms with E-state index in [-0.39, 0.29) is 81.2 Å². The number of fused-ring (bicyclic) bond motifs is 7. The number of benzene rings is 2. The van der Waals surface area contributed by atoms with Crippen molar-refractivity contribution in [1.29, 1.82) is 0 Å². The van der Waals surface area contributed by atoms with Gasteiger partial charge >= 0.3 is 12.1 Å². The number of hydrogen-bond acceptors (Lipinski definition) is 10. The number of halogens is 2. The zero-order valence-electron chi connectivity index (χ0n) is 38.1. The minimum Gasteiger partial charge on any atom is -0.472 e. The summed E-state index contributed by atoms with van der Waals surface area (Å²) in [7, 11) is -0.855. The maximum Gasteiger partial charge on any atom is 0.407 e. The number of pyridine rings is 1. The Bertz CT molecular complexity index is 2620. The van der Waals surface area contributed by atoms with Crippen molar-refractivity contribution in [3.63, 3.8) is 0 Å². The molecule has 15 heteroatoms. The van der Waals surface area contributed by atoms with Gasteiger partial charge in [0.2, 0.25) is 5.88 Å². The highest BCUT2D eigenvalue weighted by atomic mass is 28.3. The fourth-order valence-corrected chi connectivity index (χ4v) is 17.4. The van der Waals surface area contributed by atoms with Gasteiger partial charge in [-0.05, 0) is 72.8 Å². The summed E-state index contributed by atoms with van der Waals surface area (Å²) in [6, 6.07) is 5.17. The van der Waals surface area contributed by atoms with Gasteiger partial charge < -0.3 is 29.0 Å². The van der Waals surface area contributed by atoms with Crippen LogP contribution in [0.5, 0.6) is 17.6 Å². The van der Waals surface area contributed by atoms with Crippen LogP contribution in [0.2, 0.25) is 16.6 Å². The topological polar surface area (TPSA) is 123 Å². The van der Waals surface area contributed by atoms with Gasteiger partial charge in [-0.2, -0.15) is 9.97 Å². The summed E-state index contributed by atoms with van der Waals surface area (Å²) >= 11 is 0. The molecule has 338 valence electrons. The van der Waals surface area contributed by atoms with Gasteiger partial charge in [0.15, 0.2) is 12.6 Å². The van der Waals surface area contributed by atoms with Crippen LogP contribution in [-0.2, 0) is 4.74 Å². The minimum absolute atomic E-state index is 0.0350. The molecule has 4 saturated heterocycles. The number of rotatable bonds is 10. The molecule has 5 aliphatic rings. The Labute approximate surface area is 374 Å². The highest BCUT2D eigenvalue weighted by molar-refractivity contribution is 6.90. The number of carboxylic acid groups (broad SMARTS) is 1. The molecule has 4 fully saturated rings. The van der Waals surface area contributed by atoms with E-state index in [0.29, 0.717) is 41.7 Å². The second-order valence-corrected chi connectivity index (χ2v) is 25.1. The third-order valence-corrected chi connectivity index (χ3v) is 21.0. The zero-order chi connectivity index (χ0) is 45.6. The van der Waals surface area contributed by atoms with E-state index in [0.717, 1.165) is 37.1 Å². The number of amides is 1. The molecule has 4 unspecified atom stereocenters. The maximum atomic E-state index is 18.1. The number of aromatic nitrogens is 3. The van der Waals surface area contributed by atoms with Crippen molar-refractivity contribution >= 4 is 41.7 Å². The number of anilines is 1. The number of methoxy groups -OCH3 is 1. The van der Waals surface area contributed by atoms with Gasteiger partial charge in [-0.15, -0.1) is 5.54 Å². The molecular formula is C49H58F2N6O6Si. The first-order valence-corrected chi connectivity index (χ1v) is 24.7. The Hall–Kier alpha value is -5.30. The van der Waals surface area contributed by atoms with E-state index >= 15 is 8.78 Å². The average molecular weight is 893 g/mol. The number of hydrogen-bond donors (Lipinski definition) is 1. The summed E-state index contributed by atoms with van der Waals surface area (Å²) < 4.78 is 59.2. The molecule has 2 aromatic carbocycles. The van der Waals surface area contributed by atoms with Gasteiger partial charge in [0.05, 0.1) is 29.2 Å². The van der Waals surface area contributed by atoms with Crippen LogP contribution in [0.25, 0.3) is 32.9 Å². The molecular weight excluding hydrogens is 835 g/mol. The summed E-state index contributed by atoms with van der Waals surface area (Å²) in [4.78, 5) is 33.4. The first kappa shape index (κ1) is 43.9. The molecule has 64 heavy (non-hydrogen) atoms. The number of piperazine rings is 1. The van der Waals surface area contributed by atoms with Gasteiger partial charge in [0.25, 0.3) is 0 Å². The van der Waals surface area contributed by atoms with Crippen LogP contribution < -0.4 is 19.1 Å². The van der Waals surface area contributed by atoms with E-state index in [2.05, 4.69) is 71.1 Å². The predicted molar refractivity (Wildman–Crippen MR) is 246 cm³/mol. The molecule has 0 radical (unpaired) electrons. The van der Waals surface area contributed by atoms with E-state index in [9.17, 15) is 9.90 Å². The van der Waals surface area contributed by atoms with Crippen LogP contribution in [0.15, 0.2) is 48.6 Å². The van der Waals surface area contributed by atoms with Crippen LogP contribution in [0.1, 0.15) is 79.7 Å². The van der Waals surface area contributed by atoms with Gasteiger partial charge in [-0.3, -0.25) is 9.80 Å². The number of nitrogens with zero attached hydrogens (tertiary/aromatic N) is 6. The van der Waals surface area contributed by atoms with Crippen LogP contribution >= 0.6 is 0 Å². The number of ether oxygens (including phenoxy) is 4. The van der Waals surface area contributed by atoms with Gasteiger partial charge in [-0.25, -0.2) is 18.6 Å². The first-order valence-electron chi connectivity index (χ1n) is 22.5. The van der Waals surface area contributed by atoms with E-state index in [1.807, 2.05) is 11.8 Å². The highest BCUT2D eigenvalue weighted by Gasteiger charge is 2.54. The molecule has 12 nitrogen and oxygen atoms in total. The van der Waals surface area contributed by atoms with Crippen molar-refractivity contribution in [2.45, 2.75) is 121 Å². The van der Waals surface area contributed by atoms with Crippen molar-refractivity contribution in [3.8, 4) is 40.4 Å². The Morgan fingerprint density at radius 3 is 2.36 bits per heavy atom. The van der Waals surface area contributed by atoms with Crippen molar-refractivity contribution in [2.24, 2.45) is 0 Å². The normalized spacial score (nSPS) is 22.6. The van der Waals surface area contributed by atoms with Crippen LogP contribution in [-0.4, -0.2) is 114 Å². The maximum absolute atomic E-state index is 18.1. The molecule has 0 spiro atoms. The molecule has 4 aromatic rings. The average Bonchev–Trinajstić information content (AvgIpc) is 3.80. The molecule has 7 heterocycles. The van der Waals surface area contributed by atoms with Gasteiger partial charge in [-0.1, -0.05) is 77.8 Å². The summed E-state index contributed by atoms with van der Waals surface area (Å²) in [5.41, 5.74) is 6.48. The summed E-state index contributed by atoms with van der Waals surface area (Å²) in [5.74, 6) is 2.80. The highest BCUT2D eigenvalue weighted by Crippen LogP contribution is 2.49. The van der Waals surface area contributed by atoms with Gasteiger partial charge in [0, 0.05) is 37.7 Å². The summed E-state index contributed by atoms with van der Waals surface area (Å²) in [6.45, 7) is 25.5. The van der Waals surface area contributed by atoms with E-state index in [4.69, 9.17) is 33.9 Å². The van der Waals surface area contributed by atoms with Gasteiger partial charge in [0.1, 0.15) is 54.8 Å². The molecule has 4 atom stereocenters. The molecule has 1 amide bonds. The Kier molecular flexibility index (Phi) is 11.2. The van der Waals surface area contributed by atoms with E-state index < -0.39 is 44.0 Å². The fourth-order valence-electron chi connectivity index (χ4n) is 12.1. The quantitative estimate of drug-likeness (QED) is 0.0709. The molecule has 2 aromatic heterocycles. The van der Waals surface area contributed by atoms with E-state index in [1.54, 1.807) is 18.2 Å². The fraction of sp³-hybridized carbons (Fsp3) is 0.510. The summed E-state index contributed by atoms with van der Waals surface area (Å²) in [6.07, 6.45) is 1.13. The van der Waals surface area contributed by atoms with Crippen molar-refractivity contribution in [2.75, 3.05) is 45.0 Å². The van der Waals surface area contributed by atoms with E-state index in [1.165, 1.54) is 18.1 Å². The van der Waals surface area contributed by atoms with Crippen LogP contribution in [0.4, 0.5) is 19.4 Å². The monoisotopic (exact) mass is 892 g/mol. The molecule has 5 aliphatic heterocycles. The van der Waals surface area contributed by atoms with Crippen molar-refractivity contribution in [3.05, 3.63) is 65.8 Å². The molecule has 2 bridgehead atoms. The predicted octanol–water partition coefficient (Wildman–Crippen LogP) is 9.50. The number of carbonyl (C=O) groups is 1. The largest absolute Gasteiger partial charge is 0.472 e. The SMILES string of the molecule is C=C1CN2CC(=C)CC2(COc2nc3c4c(nc(-c5cc(OCOC)cc6ccc(F)c(C#C[Si](C(C)C)(C(C)C)C(C)C)c56)c(F)c4n2)OC(C)C2C4CCC(CN32)N4C(=O)O)C1. The zero-order valence-corrected chi connectivity index (χ0v) is 39.1. The molecule has 0 aliphatic carbocycles. The Morgan fingerprint density at radius 1 is 1.00 bits per heavy atom. The summed E-state index contributed by atoms with van der Waals surface area (Å²) in [5, 5.41) is 11.6. The minimum atomic E-state index is -2.36. The Morgan fingerprint density at radius 2 is 1.70 bits per heavy atom. The van der Waals surface area contributed by atoms with Crippen molar-refractivity contribution < 1.29 is 37.6 Å². The first-order chi connectivity index (χ1) is 30.5. The third kappa shape index (κ3) is 6.98. The second-order valence-electron chi connectivity index (χ2n) is 19.5. The van der Waals surface area contributed by atoms with Crippen LogP contribution in [0.3, 0.4) is 0 Å². The lowest BCUT2D eigenvalue weighted by Crippen LogP contribution is -2.64. The Balaban J connectivity index is 1.28.